The topological polar surface area (TPSA) is 21.3 Å². The molecule has 2 rings (SSSR count). The van der Waals surface area contributed by atoms with Crippen molar-refractivity contribution in [3.8, 4) is 5.75 Å². The van der Waals surface area contributed by atoms with Crippen LogP contribution in [-0.4, -0.2) is 19.7 Å². The summed E-state index contributed by atoms with van der Waals surface area (Å²) in [6, 6.07) is 8.86. The van der Waals surface area contributed by atoms with Gasteiger partial charge in [0, 0.05) is 12.0 Å². The quantitative estimate of drug-likeness (QED) is 0.787. The summed E-state index contributed by atoms with van der Waals surface area (Å²) in [7, 11) is 2.04. The summed E-state index contributed by atoms with van der Waals surface area (Å²) in [6.07, 6.45) is 5.29. The van der Waals surface area contributed by atoms with Crippen molar-refractivity contribution in [3.63, 3.8) is 0 Å². The molecule has 1 aromatic rings. The second kappa shape index (κ2) is 5.87. The molecule has 0 aliphatic carbocycles. The summed E-state index contributed by atoms with van der Waals surface area (Å²) in [5.74, 6) is 1.62. The van der Waals surface area contributed by atoms with Gasteiger partial charge in [-0.25, -0.2) is 0 Å². The molecule has 0 bridgehead atoms. The standard InChI is InChI=1S/C15H21NO/c1-3-4-8-14(16-2)13-10-12-7-5-6-9-15(12)17-11-13/h3,5-7,9,13-14,16H,1,4,8,10-11H2,2H3. The maximum Gasteiger partial charge on any atom is 0.122 e. The van der Waals surface area contributed by atoms with Gasteiger partial charge in [-0.15, -0.1) is 6.58 Å². The Morgan fingerprint density at radius 1 is 1.53 bits per heavy atom. The molecule has 1 heterocycles. The van der Waals surface area contributed by atoms with Crippen LogP contribution in [0.4, 0.5) is 0 Å². The van der Waals surface area contributed by atoms with E-state index in [1.807, 2.05) is 19.2 Å². The van der Waals surface area contributed by atoms with Crippen LogP contribution in [0.1, 0.15) is 18.4 Å². The Balaban J connectivity index is 2.02. The van der Waals surface area contributed by atoms with E-state index in [1.165, 1.54) is 5.56 Å². The second-order valence-corrected chi connectivity index (χ2v) is 4.64. The van der Waals surface area contributed by atoms with Crippen LogP contribution < -0.4 is 10.1 Å². The summed E-state index contributed by atoms with van der Waals surface area (Å²) in [5, 5.41) is 3.41. The lowest BCUT2D eigenvalue weighted by Crippen LogP contribution is -2.39. The molecule has 2 unspecified atom stereocenters. The van der Waals surface area contributed by atoms with Crippen molar-refractivity contribution >= 4 is 0 Å². The zero-order chi connectivity index (χ0) is 12.1. The maximum absolute atomic E-state index is 5.83. The van der Waals surface area contributed by atoms with E-state index >= 15 is 0 Å². The number of ether oxygens (including phenoxy) is 1. The number of hydrogen-bond acceptors (Lipinski definition) is 2. The molecule has 1 aliphatic rings. The second-order valence-electron chi connectivity index (χ2n) is 4.64. The van der Waals surface area contributed by atoms with Gasteiger partial charge in [0.1, 0.15) is 5.75 Å². The molecule has 2 atom stereocenters. The lowest BCUT2D eigenvalue weighted by molar-refractivity contribution is 0.183. The average Bonchev–Trinajstić information content (AvgIpc) is 2.39. The Hall–Kier alpha value is -1.28. The number of allylic oxidation sites excluding steroid dienone is 1. The van der Waals surface area contributed by atoms with E-state index in [0.717, 1.165) is 31.6 Å². The van der Waals surface area contributed by atoms with Crippen LogP contribution >= 0.6 is 0 Å². The fourth-order valence-corrected chi connectivity index (χ4v) is 2.52. The van der Waals surface area contributed by atoms with Gasteiger partial charge >= 0.3 is 0 Å². The Morgan fingerprint density at radius 3 is 3.12 bits per heavy atom. The molecule has 0 saturated heterocycles. The molecule has 2 heteroatoms. The van der Waals surface area contributed by atoms with Gasteiger partial charge in [0.25, 0.3) is 0 Å². The van der Waals surface area contributed by atoms with Crippen LogP contribution in [0, 0.1) is 5.92 Å². The van der Waals surface area contributed by atoms with Crippen molar-refractivity contribution in [1.82, 2.24) is 5.32 Å². The lowest BCUT2D eigenvalue weighted by atomic mass is 9.88. The number of para-hydroxylation sites is 1. The monoisotopic (exact) mass is 231 g/mol. The van der Waals surface area contributed by atoms with Crippen LogP contribution in [0.25, 0.3) is 0 Å². The van der Waals surface area contributed by atoms with Crippen molar-refractivity contribution in [2.45, 2.75) is 25.3 Å². The maximum atomic E-state index is 5.83. The van der Waals surface area contributed by atoms with Crippen molar-refractivity contribution in [2.75, 3.05) is 13.7 Å². The zero-order valence-electron chi connectivity index (χ0n) is 10.5. The third-order valence-corrected chi connectivity index (χ3v) is 3.53. The molecule has 0 spiro atoms. The van der Waals surface area contributed by atoms with Crippen molar-refractivity contribution in [2.24, 2.45) is 5.92 Å². The highest BCUT2D eigenvalue weighted by atomic mass is 16.5. The average molecular weight is 231 g/mol. The van der Waals surface area contributed by atoms with Crippen molar-refractivity contribution in [3.05, 3.63) is 42.5 Å². The predicted molar refractivity (Wildman–Crippen MR) is 71.4 cm³/mol. The third kappa shape index (κ3) is 2.89. The summed E-state index contributed by atoms with van der Waals surface area (Å²) >= 11 is 0. The Kier molecular flexibility index (Phi) is 4.21. The number of nitrogens with one attached hydrogen (secondary N) is 1. The van der Waals surface area contributed by atoms with Gasteiger partial charge in [-0.05, 0) is 37.9 Å². The molecule has 0 fully saturated rings. The van der Waals surface area contributed by atoms with Crippen LogP contribution in [-0.2, 0) is 6.42 Å². The number of hydrogen-bond donors (Lipinski definition) is 1. The first kappa shape index (κ1) is 12.2. The molecule has 1 N–H and O–H groups in total. The van der Waals surface area contributed by atoms with E-state index in [0.29, 0.717) is 12.0 Å². The predicted octanol–water partition coefficient (Wildman–Crippen LogP) is 2.79. The summed E-state index contributed by atoms with van der Waals surface area (Å²) in [6.45, 7) is 4.61. The minimum absolute atomic E-state index is 0.515. The first-order valence-corrected chi connectivity index (χ1v) is 6.34. The summed E-state index contributed by atoms with van der Waals surface area (Å²) in [5.41, 5.74) is 1.34. The molecule has 92 valence electrons. The van der Waals surface area contributed by atoms with Crippen LogP contribution in [0.15, 0.2) is 36.9 Å². The number of fused-ring (bicyclic) bond motifs is 1. The highest BCUT2D eigenvalue weighted by molar-refractivity contribution is 5.35. The van der Waals surface area contributed by atoms with Gasteiger partial charge in [0.05, 0.1) is 6.61 Å². The van der Waals surface area contributed by atoms with E-state index < -0.39 is 0 Å². The summed E-state index contributed by atoms with van der Waals surface area (Å²) in [4.78, 5) is 0. The number of rotatable bonds is 5. The van der Waals surface area contributed by atoms with Gasteiger partial charge in [-0.3, -0.25) is 0 Å². The molecular formula is C15H21NO. The van der Waals surface area contributed by atoms with E-state index in [1.54, 1.807) is 0 Å². The molecule has 0 amide bonds. The van der Waals surface area contributed by atoms with Gasteiger partial charge in [0.2, 0.25) is 0 Å². The number of benzene rings is 1. The van der Waals surface area contributed by atoms with Gasteiger partial charge in [0.15, 0.2) is 0 Å². The third-order valence-electron chi connectivity index (χ3n) is 3.53. The Bertz CT molecular complexity index is 375. The minimum Gasteiger partial charge on any atom is -0.493 e. The lowest BCUT2D eigenvalue weighted by Gasteiger charge is -2.31. The molecule has 1 aliphatic heterocycles. The first-order chi connectivity index (χ1) is 8.35. The van der Waals surface area contributed by atoms with Gasteiger partial charge in [-0.1, -0.05) is 24.3 Å². The fraction of sp³-hybridized carbons (Fsp3) is 0.467. The van der Waals surface area contributed by atoms with Gasteiger partial charge < -0.3 is 10.1 Å². The van der Waals surface area contributed by atoms with E-state index in [-0.39, 0.29) is 0 Å². The van der Waals surface area contributed by atoms with E-state index in [2.05, 4.69) is 30.1 Å². The molecule has 0 radical (unpaired) electrons. The molecule has 1 aromatic carbocycles. The fourth-order valence-electron chi connectivity index (χ4n) is 2.52. The van der Waals surface area contributed by atoms with E-state index in [9.17, 15) is 0 Å². The molecule has 0 aromatic heterocycles. The first-order valence-electron chi connectivity index (χ1n) is 6.34. The molecule has 0 saturated carbocycles. The highest BCUT2D eigenvalue weighted by Gasteiger charge is 2.25. The largest absolute Gasteiger partial charge is 0.493 e. The van der Waals surface area contributed by atoms with Crippen LogP contribution in [0.2, 0.25) is 0 Å². The van der Waals surface area contributed by atoms with Crippen LogP contribution in [0.3, 0.4) is 0 Å². The molecule has 2 nitrogen and oxygen atoms in total. The summed E-state index contributed by atoms with van der Waals surface area (Å²) < 4.78 is 5.83. The Morgan fingerprint density at radius 2 is 2.35 bits per heavy atom. The van der Waals surface area contributed by atoms with Crippen LogP contribution in [0.5, 0.6) is 5.75 Å². The Labute approximate surface area is 104 Å². The van der Waals surface area contributed by atoms with E-state index in [4.69, 9.17) is 4.74 Å². The van der Waals surface area contributed by atoms with Crippen molar-refractivity contribution in [1.29, 1.82) is 0 Å². The molecular weight excluding hydrogens is 210 g/mol. The normalized spacial score (nSPS) is 20.2. The minimum atomic E-state index is 0.515. The van der Waals surface area contributed by atoms with Crippen molar-refractivity contribution < 1.29 is 4.74 Å². The molecule has 17 heavy (non-hydrogen) atoms. The smallest absolute Gasteiger partial charge is 0.122 e. The SMILES string of the molecule is C=CCCC(NC)C1COc2ccccc2C1. The zero-order valence-corrected chi connectivity index (χ0v) is 10.5. The highest BCUT2D eigenvalue weighted by Crippen LogP contribution is 2.29. The van der Waals surface area contributed by atoms with Gasteiger partial charge in [-0.2, -0.15) is 0 Å².